The molecule has 8 heteroatoms. The maximum Gasteiger partial charge on any atom is 0.332 e. The van der Waals surface area contributed by atoms with Gasteiger partial charge in [-0.25, -0.2) is 9.18 Å². The molecule has 0 bridgehead atoms. The first-order valence-electron chi connectivity index (χ1n) is 9.28. The largest absolute Gasteiger partial charge is 0.341 e. The second-order valence-electron chi connectivity index (χ2n) is 6.93. The minimum Gasteiger partial charge on any atom is -0.341 e. The molecule has 1 amide bonds. The van der Waals surface area contributed by atoms with Gasteiger partial charge in [0.05, 0.1) is 12.1 Å². The Kier molecular flexibility index (Phi) is 5.13. The highest BCUT2D eigenvalue weighted by atomic mass is 32.1. The minimum absolute atomic E-state index is 0.121. The Morgan fingerprint density at radius 1 is 1.04 bits per heavy atom. The molecule has 3 aromatic rings. The Labute approximate surface area is 164 Å². The van der Waals surface area contributed by atoms with Gasteiger partial charge in [-0.05, 0) is 36.8 Å². The summed E-state index contributed by atoms with van der Waals surface area (Å²) in [5.41, 5.74) is -0.342. The van der Waals surface area contributed by atoms with Gasteiger partial charge in [0.25, 0.3) is 5.56 Å². The first-order valence-corrected chi connectivity index (χ1v) is 10.2. The number of carbonyl (C=O) groups is 1. The molecule has 2 aromatic heterocycles. The smallest absolute Gasteiger partial charge is 0.332 e. The van der Waals surface area contributed by atoms with E-state index >= 15 is 0 Å². The van der Waals surface area contributed by atoms with E-state index in [4.69, 9.17) is 0 Å². The number of carbonyl (C=O) groups excluding carboxylic acids is 1. The number of nitrogens with zero attached hydrogens (tertiary/aromatic N) is 3. The predicted octanol–water partition coefficient (Wildman–Crippen LogP) is 2.42. The van der Waals surface area contributed by atoms with E-state index in [0.29, 0.717) is 23.3 Å². The average Bonchev–Trinajstić information content (AvgIpc) is 3.20. The van der Waals surface area contributed by atoms with Crippen LogP contribution in [0, 0.1) is 5.82 Å². The highest BCUT2D eigenvalue weighted by Gasteiger charge is 2.21. The molecule has 6 nitrogen and oxygen atoms in total. The summed E-state index contributed by atoms with van der Waals surface area (Å²) in [6.07, 6.45) is 3.02. The number of halogens is 1. The number of hydrogen-bond acceptors (Lipinski definition) is 4. The van der Waals surface area contributed by atoms with Crippen LogP contribution in [0.4, 0.5) is 4.39 Å². The van der Waals surface area contributed by atoms with Crippen LogP contribution < -0.4 is 11.2 Å². The molecule has 4 rings (SSSR count). The third-order valence-electron chi connectivity index (χ3n) is 5.12. The Balaban J connectivity index is 1.77. The second-order valence-corrected chi connectivity index (χ2v) is 7.84. The van der Waals surface area contributed by atoms with Gasteiger partial charge < -0.3 is 4.90 Å². The lowest BCUT2D eigenvalue weighted by Gasteiger charge is -2.27. The number of rotatable bonds is 4. The van der Waals surface area contributed by atoms with Crippen LogP contribution in [-0.4, -0.2) is 33.0 Å². The van der Waals surface area contributed by atoms with Gasteiger partial charge >= 0.3 is 5.69 Å². The van der Waals surface area contributed by atoms with Gasteiger partial charge in [-0.2, -0.15) is 0 Å². The van der Waals surface area contributed by atoms with Gasteiger partial charge in [0.15, 0.2) is 0 Å². The van der Waals surface area contributed by atoms with E-state index in [2.05, 4.69) is 0 Å². The summed E-state index contributed by atoms with van der Waals surface area (Å²) in [4.78, 5) is 40.4. The first-order chi connectivity index (χ1) is 13.6. The van der Waals surface area contributed by atoms with Crippen molar-refractivity contribution in [3.63, 3.8) is 0 Å². The fourth-order valence-corrected chi connectivity index (χ4v) is 4.44. The Morgan fingerprint density at radius 3 is 2.54 bits per heavy atom. The van der Waals surface area contributed by atoms with Crippen LogP contribution in [0.5, 0.6) is 0 Å². The molecule has 0 aliphatic carbocycles. The van der Waals surface area contributed by atoms with Crippen LogP contribution in [0.2, 0.25) is 0 Å². The third kappa shape index (κ3) is 3.40. The average molecular weight is 401 g/mol. The number of hydrogen-bond donors (Lipinski definition) is 0. The predicted molar refractivity (Wildman–Crippen MR) is 106 cm³/mol. The van der Waals surface area contributed by atoms with Crippen LogP contribution in [0.25, 0.3) is 10.2 Å². The summed E-state index contributed by atoms with van der Waals surface area (Å²) in [6.45, 7) is 1.09. The van der Waals surface area contributed by atoms with Gasteiger partial charge in [0.1, 0.15) is 17.1 Å². The molecule has 0 unspecified atom stereocenters. The first kappa shape index (κ1) is 18.6. The molecule has 146 valence electrons. The number of thiophene rings is 1. The molecular weight excluding hydrogens is 381 g/mol. The number of fused-ring (bicyclic) bond motifs is 1. The molecule has 28 heavy (non-hydrogen) atoms. The highest BCUT2D eigenvalue weighted by Crippen LogP contribution is 2.17. The van der Waals surface area contributed by atoms with Crippen LogP contribution in [0.3, 0.4) is 0 Å². The van der Waals surface area contributed by atoms with E-state index in [1.807, 2.05) is 0 Å². The van der Waals surface area contributed by atoms with Crippen molar-refractivity contribution in [3.8, 4) is 0 Å². The zero-order chi connectivity index (χ0) is 19.7. The zero-order valence-corrected chi connectivity index (χ0v) is 16.1. The lowest BCUT2D eigenvalue weighted by Crippen LogP contribution is -2.44. The maximum absolute atomic E-state index is 14.1. The van der Waals surface area contributed by atoms with Crippen molar-refractivity contribution < 1.29 is 9.18 Å². The molecule has 3 heterocycles. The zero-order valence-electron chi connectivity index (χ0n) is 15.3. The van der Waals surface area contributed by atoms with Crippen molar-refractivity contribution in [1.29, 1.82) is 0 Å². The van der Waals surface area contributed by atoms with E-state index < -0.39 is 17.1 Å². The summed E-state index contributed by atoms with van der Waals surface area (Å²) in [7, 11) is 0. The number of amides is 1. The summed E-state index contributed by atoms with van der Waals surface area (Å²) >= 11 is 1.22. The molecule has 1 saturated heterocycles. The SMILES string of the molecule is O=C(Cn1c(=O)n(Cc2ccccc2F)c(=O)c2sccc21)N1CCCCC1. The van der Waals surface area contributed by atoms with E-state index in [0.717, 1.165) is 23.8 Å². The lowest BCUT2D eigenvalue weighted by atomic mass is 10.1. The Bertz CT molecular complexity index is 1140. The topological polar surface area (TPSA) is 64.3 Å². The second kappa shape index (κ2) is 7.71. The quantitative estimate of drug-likeness (QED) is 0.675. The number of piperidine rings is 1. The van der Waals surface area contributed by atoms with Crippen LogP contribution in [-0.2, 0) is 17.9 Å². The number of aromatic nitrogens is 2. The standard InChI is InChI=1S/C20H20FN3O3S/c21-15-7-3-2-6-14(15)12-24-19(26)18-16(8-11-28-18)23(20(24)27)13-17(25)22-9-4-1-5-10-22/h2-3,6-8,11H,1,4-5,9-10,12-13H2. The fraction of sp³-hybridized carbons (Fsp3) is 0.350. The summed E-state index contributed by atoms with van der Waals surface area (Å²) in [6, 6.07) is 7.73. The van der Waals surface area contributed by atoms with Crippen LogP contribution in [0.1, 0.15) is 24.8 Å². The third-order valence-corrected chi connectivity index (χ3v) is 6.02. The monoisotopic (exact) mass is 401 g/mol. The van der Waals surface area contributed by atoms with Gasteiger partial charge in [-0.15, -0.1) is 11.3 Å². The normalized spacial score (nSPS) is 14.5. The lowest BCUT2D eigenvalue weighted by molar-refractivity contribution is -0.132. The van der Waals surface area contributed by atoms with Crippen molar-refractivity contribution in [2.24, 2.45) is 0 Å². The molecule has 1 aromatic carbocycles. The van der Waals surface area contributed by atoms with Crippen molar-refractivity contribution in [1.82, 2.24) is 14.0 Å². The summed E-state index contributed by atoms with van der Waals surface area (Å²) in [5.74, 6) is -0.610. The molecular formula is C20H20FN3O3S. The van der Waals surface area contributed by atoms with Crippen molar-refractivity contribution in [2.45, 2.75) is 32.4 Å². The van der Waals surface area contributed by atoms with E-state index in [9.17, 15) is 18.8 Å². The maximum atomic E-state index is 14.1. The van der Waals surface area contributed by atoms with Crippen LogP contribution in [0.15, 0.2) is 45.3 Å². The molecule has 0 radical (unpaired) electrons. The van der Waals surface area contributed by atoms with E-state index in [1.54, 1.807) is 34.5 Å². The van der Waals surface area contributed by atoms with Gasteiger partial charge in [-0.3, -0.25) is 18.7 Å². The summed E-state index contributed by atoms with van der Waals surface area (Å²) < 4.78 is 16.8. The molecule has 1 aliphatic heterocycles. The van der Waals surface area contributed by atoms with Crippen molar-refractivity contribution in [3.05, 3.63) is 67.9 Å². The fourth-order valence-electron chi connectivity index (χ4n) is 3.60. The molecule has 1 fully saturated rings. The number of benzene rings is 1. The van der Waals surface area contributed by atoms with E-state index in [1.165, 1.54) is 22.0 Å². The van der Waals surface area contributed by atoms with Crippen LogP contribution >= 0.6 is 11.3 Å². The molecule has 0 spiro atoms. The Hall–Kier alpha value is -2.74. The van der Waals surface area contributed by atoms with E-state index in [-0.39, 0.29) is 24.6 Å². The summed E-state index contributed by atoms with van der Waals surface area (Å²) in [5, 5.41) is 1.72. The minimum atomic E-state index is -0.593. The van der Waals surface area contributed by atoms with Crippen molar-refractivity contribution in [2.75, 3.05) is 13.1 Å². The van der Waals surface area contributed by atoms with Gasteiger partial charge in [0, 0.05) is 18.7 Å². The molecule has 0 N–H and O–H groups in total. The molecule has 0 saturated carbocycles. The van der Waals surface area contributed by atoms with Gasteiger partial charge in [-0.1, -0.05) is 18.2 Å². The number of likely N-dealkylation sites (tertiary alicyclic amines) is 1. The van der Waals surface area contributed by atoms with Gasteiger partial charge in [0.2, 0.25) is 5.91 Å². The highest BCUT2D eigenvalue weighted by molar-refractivity contribution is 7.17. The Morgan fingerprint density at radius 2 is 1.79 bits per heavy atom. The molecule has 0 atom stereocenters. The van der Waals surface area contributed by atoms with Crippen molar-refractivity contribution >= 4 is 27.5 Å². The molecule has 1 aliphatic rings.